The number of hydrogen-bond donors (Lipinski definition) is 2. The van der Waals surface area contributed by atoms with Gasteiger partial charge in [-0.25, -0.2) is 9.78 Å². The van der Waals surface area contributed by atoms with Crippen LogP contribution in [0, 0.1) is 6.92 Å². The first-order chi connectivity index (χ1) is 14.4. The molecule has 1 atom stereocenters. The number of para-hydroxylation sites is 1. The molecular formula is C23H26N4O3. The van der Waals surface area contributed by atoms with Crippen molar-refractivity contribution in [2.45, 2.75) is 32.7 Å². The Kier molecular flexibility index (Phi) is 5.20. The fourth-order valence-electron chi connectivity index (χ4n) is 4.18. The molecule has 1 aromatic heterocycles. The zero-order valence-electron chi connectivity index (χ0n) is 17.5. The first-order valence-electron chi connectivity index (χ1n) is 10.2. The maximum Gasteiger partial charge on any atom is 0.337 e. The van der Waals surface area contributed by atoms with Gasteiger partial charge in [-0.1, -0.05) is 18.2 Å². The van der Waals surface area contributed by atoms with Crippen molar-refractivity contribution in [3.63, 3.8) is 0 Å². The highest BCUT2D eigenvalue weighted by Crippen LogP contribution is 2.29. The number of aromatic nitrogens is 2. The molecule has 0 amide bonds. The number of aryl methyl sites for hydroxylation is 1. The molecule has 0 bridgehead atoms. The molecule has 1 fully saturated rings. The van der Waals surface area contributed by atoms with E-state index in [-0.39, 0.29) is 17.2 Å². The predicted molar refractivity (Wildman–Crippen MR) is 119 cm³/mol. The maximum atomic E-state index is 13.1. The monoisotopic (exact) mass is 406 g/mol. The van der Waals surface area contributed by atoms with Crippen LogP contribution in [-0.2, 0) is 7.05 Å². The lowest BCUT2D eigenvalue weighted by Gasteiger charge is -2.23. The van der Waals surface area contributed by atoms with Crippen LogP contribution in [0.4, 0.5) is 11.6 Å². The molecule has 0 aliphatic carbocycles. The van der Waals surface area contributed by atoms with E-state index in [0.29, 0.717) is 22.5 Å². The lowest BCUT2D eigenvalue weighted by molar-refractivity contribution is 0.0698. The summed E-state index contributed by atoms with van der Waals surface area (Å²) in [7, 11) is 1.77. The summed E-state index contributed by atoms with van der Waals surface area (Å²) in [6, 6.07) is 10.5. The number of carboxylic acids is 1. The summed E-state index contributed by atoms with van der Waals surface area (Å²) >= 11 is 0. The molecule has 0 spiro atoms. The summed E-state index contributed by atoms with van der Waals surface area (Å²) in [4.78, 5) is 31.8. The van der Waals surface area contributed by atoms with Crippen molar-refractivity contribution < 1.29 is 9.90 Å². The Hall–Kier alpha value is -3.35. The molecule has 2 aromatic carbocycles. The van der Waals surface area contributed by atoms with Gasteiger partial charge >= 0.3 is 5.97 Å². The Morgan fingerprint density at radius 2 is 1.90 bits per heavy atom. The normalized spacial score (nSPS) is 14.8. The van der Waals surface area contributed by atoms with Crippen molar-refractivity contribution in [2.75, 3.05) is 23.3 Å². The molecule has 1 aliphatic rings. The molecule has 1 aliphatic heterocycles. The standard InChI is InChI=1S/C23H26N4O3/c1-14-12-17(15(2)24-19-9-5-4-8-16(19)22(29)30)20-18(13-14)21(28)26(3)23(25-20)27-10-6-7-11-27/h4-5,8-9,12-13,15,24H,6-7,10-11H2,1-3H3,(H,29,30)/t15-/m1/s1. The maximum absolute atomic E-state index is 13.1. The molecule has 156 valence electrons. The lowest BCUT2D eigenvalue weighted by Crippen LogP contribution is -2.30. The quantitative estimate of drug-likeness (QED) is 0.672. The third kappa shape index (κ3) is 3.51. The number of nitrogens with one attached hydrogen (secondary N) is 1. The average Bonchev–Trinajstić information content (AvgIpc) is 3.25. The van der Waals surface area contributed by atoms with Gasteiger partial charge in [0, 0.05) is 31.4 Å². The number of anilines is 2. The van der Waals surface area contributed by atoms with Gasteiger partial charge in [0.2, 0.25) is 5.95 Å². The molecule has 1 saturated heterocycles. The summed E-state index contributed by atoms with van der Waals surface area (Å²) in [5, 5.41) is 13.4. The molecule has 2 heterocycles. The first kappa shape index (κ1) is 19.9. The number of aromatic carboxylic acids is 1. The fraction of sp³-hybridized carbons (Fsp3) is 0.348. The van der Waals surface area contributed by atoms with Gasteiger partial charge in [-0.15, -0.1) is 0 Å². The van der Waals surface area contributed by atoms with Gasteiger partial charge in [-0.3, -0.25) is 9.36 Å². The van der Waals surface area contributed by atoms with Crippen LogP contribution in [0.25, 0.3) is 10.9 Å². The summed E-state index contributed by atoms with van der Waals surface area (Å²) < 4.78 is 1.63. The van der Waals surface area contributed by atoms with E-state index in [9.17, 15) is 14.7 Å². The third-order valence-electron chi connectivity index (χ3n) is 5.72. The van der Waals surface area contributed by atoms with Crippen molar-refractivity contribution >= 4 is 28.5 Å². The minimum absolute atomic E-state index is 0.0648. The van der Waals surface area contributed by atoms with E-state index < -0.39 is 5.97 Å². The number of rotatable bonds is 5. The Balaban J connectivity index is 1.84. The molecule has 0 unspecified atom stereocenters. The van der Waals surface area contributed by atoms with Gasteiger partial charge in [0.15, 0.2) is 0 Å². The molecule has 7 nitrogen and oxygen atoms in total. The van der Waals surface area contributed by atoms with E-state index in [4.69, 9.17) is 4.98 Å². The molecule has 3 aromatic rings. The van der Waals surface area contributed by atoms with E-state index in [1.54, 1.807) is 35.9 Å². The molecule has 2 N–H and O–H groups in total. The number of benzene rings is 2. The number of nitrogens with zero attached hydrogens (tertiary/aromatic N) is 3. The minimum Gasteiger partial charge on any atom is -0.478 e. The molecule has 30 heavy (non-hydrogen) atoms. The fourth-order valence-corrected chi connectivity index (χ4v) is 4.18. The van der Waals surface area contributed by atoms with Crippen molar-refractivity contribution in [1.82, 2.24) is 9.55 Å². The molecular weight excluding hydrogens is 380 g/mol. The predicted octanol–water partition coefficient (Wildman–Crippen LogP) is 3.71. The van der Waals surface area contributed by atoms with Crippen molar-refractivity contribution in [3.05, 3.63) is 63.4 Å². The minimum atomic E-state index is -0.984. The van der Waals surface area contributed by atoms with Crippen LogP contribution in [0.3, 0.4) is 0 Å². The number of carbonyl (C=O) groups is 1. The topological polar surface area (TPSA) is 87.5 Å². The molecule has 7 heteroatoms. The Morgan fingerprint density at radius 1 is 1.20 bits per heavy atom. The second kappa shape index (κ2) is 7.82. The lowest BCUT2D eigenvalue weighted by atomic mass is 10.0. The average molecular weight is 406 g/mol. The van der Waals surface area contributed by atoms with E-state index in [2.05, 4.69) is 10.2 Å². The van der Waals surface area contributed by atoms with Crippen LogP contribution in [-0.4, -0.2) is 33.7 Å². The summed E-state index contributed by atoms with van der Waals surface area (Å²) in [5.41, 5.74) is 3.19. The molecule has 0 saturated carbocycles. The van der Waals surface area contributed by atoms with Crippen LogP contribution in [0.15, 0.2) is 41.2 Å². The Morgan fingerprint density at radius 3 is 2.60 bits per heavy atom. The van der Waals surface area contributed by atoms with Gasteiger partial charge in [0.05, 0.1) is 22.5 Å². The van der Waals surface area contributed by atoms with E-state index in [0.717, 1.165) is 37.1 Å². The summed E-state index contributed by atoms with van der Waals surface area (Å²) in [6.07, 6.45) is 2.19. The van der Waals surface area contributed by atoms with Crippen molar-refractivity contribution in [1.29, 1.82) is 0 Å². The van der Waals surface area contributed by atoms with Gasteiger partial charge in [0.25, 0.3) is 5.56 Å². The highest BCUT2D eigenvalue weighted by Gasteiger charge is 2.22. The zero-order valence-corrected chi connectivity index (χ0v) is 17.5. The second-order valence-corrected chi connectivity index (χ2v) is 7.94. The number of fused-ring (bicyclic) bond motifs is 1. The van der Waals surface area contributed by atoms with Crippen LogP contribution >= 0.6 is 0 Å². The van der Waals surface area contributed by atoms with Crippen LogP contribution in [0.2, 0.25) is 0 Å². The van der Waals surface area contributed by atoms with E-state index in [1.807, 2.05) is 26.0 Å². The second-order valence-electron chi connectivity index (χ2n) is 7.94. The smallest absolute Gasteiger partial charge is 0.337 e. The zero-order chi connectivity index (χ0) is 21.4. The largest absolute Gasteiger partial charge is 0.478 e. The summed E-state index contributed by atoms with van der Waals surface area (Å²) in [6.45, 7) is 5.70. The van der Waals surface area contributed by atoms with Gasteiger partial charge in [0.1, 0.15) is 0 Å². The van der Waals surface area contributed by atoms with Gasteiger partial charge < -0.3 is 15.3 Å². The van der Waals surface area contributed by atoms with Gasteiger partial charge in [-0.2, -0.15) is 0 Å². The Labute approximate surface area is 175 Å². The van der Waals surface area contributed by atoms with E-state index >= 15 is 0 Å². The van der Waals surface area contributed by atoms with Gasteiger partial charge in [-0.05, 0) is 50.5 Å². The number of carboxylic acid groups (broad SMARTS) is 1. The Bertz CT molecular complexity index is 1180. The SMILES string of the molecule is Cc1cc([C@@H](C)Nc2ccccc2C(=O)O)c2nc(N3CCCC3)n(C)c(=O)c2c1. The van der Waals surface area contributed by atoms with Crippen molar-refractivity contribution in [3.8, 4) is 0 Å². The first-order valence-corrected chi connectivity index (χ1v) is 10.2. The van der Waals surface area contributed by atoms with Crippen LogP contribution in [0.5, 0.6) is 0 Å². The van der Waals surface area contributed by atoms with E-state index in [1.165, 1.54) is 0 Å². The number of hydrogen-bond acceptors (Lipinski definition) is 5. The van der Waals surface area contributed by atoms with Crippen LogP contribution < -0.4 is 15.8 Å². The molecule has 0 radical (unpaired) electrons. The highest BCUT2D eigenvalue weighted by molar-refractivity contribution is 5.94. The third-order valence-corrected chi connectivity index (χ3v) is 5.72. The van der Waals surface area contributed by atoms with Crippen LogP contribution in [0.1, 0.15) is 47.3 Å². The summed E-state index contributed by atoms with van der Waals surface area (Å²) in [5.74, 6) is -0.295. The highest BCUT2D eigenvalue weighted by atomic mass is 16.4. The van der Waals surface area contributed by atoms with Crippen molar-refractivity contribution in [2.24, 2.45) is 7.05 Å². The molecule has 4 rings (SSSR count).